The van der Waals surface area contributed by atoms with Gasteiger partial charge in [0.05, 0.1) is 31.6 Å². The van der Waals surface area contributed by atoms with Crippen LogP contribution in [0.25, 0.3) is 10.9 Å². The quantitative estimate of drug-likeness (QED) is 0.724. The number of ether oxygens (including phenoxy) is 2. The number of benzene rings is 2. The zero-order chi connectivity index (χ0) is 18.3. The number of hydrogen-bond donors (Lipinski definition) is 0. The highest BCUT2D eigenvalue weighted by Gasteiger charge is 2.27. The van der Waals surface area contributed by atoms with Gasteiger partial charge in [0.15, 0.2) is 11.5 Å². The van der Waals surface area contributed by atoms with Crippen molar-refractivity contribution < 1.29 is 18.7 Å². The third-order valence-electron chi connectivity index (χ3n) is 4.56. The molecule has 0 atom stereocenters. The predicted molar refractivity (Wildman–Crippen MR) is 94.4 cm³/mol. The first kappa shape index (κ1) is 16.3. The number of rotatable bonds is 3. The maximum Gasteiger partial charge on any atom is 0.258 e. The van der Waals surface area contributed by atoms with E-state index in [-0.39, 0.29) is 11.7 Å². The minimum atomic E-state index is -0.335. The predicted octanol–water partition coefficient (Wildman–Crippen LogP) is 2.99. The molecule has 1 aromatic heterocycles. The number of anilines is 1. The molecule has 0 aliphatic carbocycles. The second-order valence-electron chi connectivity index (χ2n) is 5.96. The van der Waals surface area contributed by atoms with Gasteiger partial charge in [-0.3, -0.25) is 4.79 Å². The van der Waals surface area contributed by atoms with E-state index in [1.54, 1.807) is 37.4 Å². The van der Waals surface area contributed by atoms with Gasteiger partial charge in [-0.2, -0.15) is 10.2 Å². The van der Waals surface area contributed by atoms with Crippen molar-refractivity contribution in [3.05, 3.63) is 53.5 Å². The van der Waals surface area contributed by atoms with E-state index in [9.17, 15) is 9.18 Å². The molecule has 1 amide bonds. The molecule has 4 rings (SSSR count). The Morgan fingerprint density at radius 1 is 1.12 bits per heavy atom. The lowest BCUT2D eigenvalue weighted by atomic mass is 9.98. The minimum Gasteiger partial charge on any atom is -0.493 e. The van der Waals surface area contributed by atoms with Gasteiger partial charge in [0.2, 0.25) is 0 Å². The molecule has 0 bridgehead atoms. The molecular weight excluding hydrogens is 337 g/mol. The van der Waals surface area contributed by atoms with E-state index >= 15 is 0 Å². The van der Waals surface area contributed by atoms with Crippen LogP contribution in [0.2, 0.25) is 0 Å². The molecule has 3 aromatic rings. The van der Waals surface area contributed by atoms with Crippen molar-refractivity contribution in [3.8, 4) is 11.5 Å². The molecule has 0 fully saturated rings. The Morgan fingerprint density at radius 2 is 1.88 bits per heavy atom. The molecule has 7 heteroatoms. The van der Waals surface area contributed by atoms with Crippen LogP contribution in [-0.2, 0) is 6.42 Å². The molecule has 2 heterocycles. The summed E-state index contributed by atoms with van der Waals surface area (Å²) in [5.74, 6) is 0.562. The summed E-state index contributed by atoms with van der Waals surface area (Å²) in [7, 11) is 3.10. The first-order valence-electron chi connectivity index (χ1n) is 8.10. The van der Waals surface area contributed by atoms with Crippen LogP contribution in [0.3, 0.4) is 0 Å². The first-order valence-corrected chi connectivity index (χ1v) is 8.10. The van der Waals surface area contributed by atoms with Crippen LogP contribution in [0.15, 0.2) is 36.5 Å². The highest BCUT2D eigenvalue weighted by atomic mass is 19.1. The van der Waals surface area contributed by atoms with Gasteiger partial charge >= 0.3 is 0 Å². The number of methoxy groups -OCH3 is 2. The average Bonchev–Trinajstić information content (AvgIpc) is 2.66. The van der Waals surface area contributed by atoms with Crippen molar-refractivity contribution >= 4 is 22.5 Å². The van der Waals surface area contributed by atoms with Gasteiger partial charge in [0.1, 0.15) is 5.82 Å². The summed E-state index contributed by atoms with van der Waals surface area (Å²) in [6.45, 7) is 0.435. The lowest BCUT2D eigenvalue weighted by Gasteiger charge is -2.29. The van der Waals surface area contributed by atoms with Gasteiger partial charge in [-0.25, -0.2) is 4.39 Å². The summed E-state index contributed by atoms with van der Waals surface area (Å²) >= 11 is 0. The minimum absolute atomic E-state index is 0.185. The van der Waals surface area contributed by atoms with Crippen molar-refractivity contribution in [2.75, 3.05) is 25.7 Å². The standard InChI is InChI=1S/C19H16FN3O3/c1-25-17-8-14-15(9-18(17)26-2)22-21-10-16(14)23-6-5-11-7-12(20)3-4-13(11)19(23)24/h3-4,7-10H,5-6H2,1-2H3. The van der Waals surface area contributed by atoms with Gasteiger partial charge in [0.25, 0.3) is 5.91 Å². The zero-order valence-corrected chi connectivity index (χ0v) is 14.3. The van der Waals surface area contributed by atoms with E-state index < -0.39 is 0 Å². The van der Waals surface area contributed by atoms with E-state index in [1.807, 2.05) is 0 Å². The second kappa shape index (κ2) is 6.25. The topological polar surface area (TPSA) is 64.6 Å². The number of carbonyl (C=O) groups is 1. The molecule has 0 N–H and O–H groups in total. The molecule has 6 nitrogen and oxygen atoms in total. The molecule has 132 valence electrons. The summed E-state index contributed by atoms with van der Waals surface area (Å²) in [5.41, 5.74) is 2.45. The van der Waals surface area contributed by atoms with Crippen LogP contribution in [0.1, 0.15) is 15.9 Å². The zero-order valence-electron chi connectivity index (χ0n) is 14.3. The van der Waals surface area contributed by atoms with Crippen LogP contribution < -0.4 is 14.4 Å². The Bertz CT molecular complexity index is 1020. The third kappa shape index (κ3) is 2.52. The number of fused-ring (bicyclic) bond motifs is 2. The largest absolute Gasteiger partial charge is 0.493 e. The van der Waals surface area contributed by atoms with Crippen LogP contribution >= 0.6 is 0 Å². The monoisotopic (exact) mass is 353 g/mol. The molecule has 0 radical (unpaired) electrons. The summed E-state index contributed by atoms with van der Waals surface area (Å²) in [6.07, 6.45) is 2.12. The Hall–Kier alpha value is -3.22. The highest BCUT2D eigenvalue weighted by molar-refractivity contribution is 6.12. The Kier molecular flexibility index (Phi) is 3.91. The number of halogens is 1. The molecule has 2 aromatic carbocycles. The number of hydrogen-bond acceptors (Lipinski definition) is 5. The van der Waals surface area contributed by atoms with Crippen LogP contribution in [0.4, 0.5) is 10.1 Å². The van der Waals surface area contributed by atoms with E-state index in [0.717, 1.165) is 10.9 Å². The number of nitrogens with zero attached hydrogens (tertiary/aromatic N) is 3. The summed E-state index contributed by atoms with van der Waals surface area (Å²) in [4.78, 5) is 14.6. The van der Waals surface area contributed by atoms with E-state index in [1.165, 1.54) is 18.2 Å². The maximum atomic E-state index is 13.4. The van der Waals surface area contributed by atoms with Gasteiger partial charge in [-0.05, 0) is 36.2 Å². The van der Waals surface area contributed by atoms with Gasteiger partial charge in [0, 0.05) is 23.6 Å². The van der Waals surface area contributed by atoms with Crippen molar-refractivity contribution in [2.24, 2.45) is 0 Å². The Morgan fingerprint density at radius 3 is 2.65 bits per heavy atom. The van der Waals surface area contributed by atoms with Crippen molar-refractivity contribution in [1.82, 2.24) is 10.2 Å². The first-order chi connectivity index (χ1) is 12.6. The molecule has 1 aliphatic heterocycles. The van der Waals surface area contributed by atoms with Crippen LogP contribution in [-0.4, -0.2) is 36.9 Å². The highest BCUT2D eigenvalue weighted by Crippen LogP contribution is 2.36. The molecular formula is C19H16FN3O3. The molecule has 1 aliphatic rings. The fraction of sp³-hybridized carbons (Fsp3) is 0.211. The second-order valence-corrected chi connectivity index (χ2v) is 5.96. The molecule has 0 saturated heterocycles. The summed E-state index contributed by atoms with van der Waals surface area (Å²) < 4.78 is 24.1. The number of carbonyl (C=O) groups excluding carboxylic acids is 1. The SMILES string of the molecule is COc1cc2nncc(N3CCc4cc(F)ccc4C3=O)c2cc1OC. The van der Waals surface area contributed by atoms with Crippen LogP contribution in [0.5, 0.6) is 11.5 Å². The van der Waals surface area contributed by atoms with Gasteiger partial charge in [-0.15, -0.1) is 0 Å². The smallest absolute Gasteiger partial charge is 0.258 e. The fourth-order valence-electron chi connectivity index (χ4n) is 3.27. The van der Waals surface area contributed by atoms with Gasteiger partial charge in [-0.1, -0.05) is 0 Å². The Labute approximate surface area is 149 Å². The van der Waals surface area contributed by atoms with E-state index in [0.29, 0.717) is 41.2 Å². The number of amides is 1. The van der Waals surface area contributed by atoms with E-state index in [4.69, 9.17) is 9.47 Å². The van der Waals surface area contributed by atoms with E-state index in [2.05, 4.69) is 10.2 Å². The molecule has 26 heavy (non-hydrogen) atoms. The van der Waals surface area contributed by atoms with Crippen molar-refractivity contribution in [1.29, 1.82) is 0 Å². The van der Waals surface area contributed by atoms with Crippen molar-refractivity contribution in [3.63, 3.8) is 0 Å². The molecule has 0 spiro atoms. The number of aromatic nitrogens is 2. The van der Waals surface area contributed by atoms with Crippen LogP contribution in [0, 0.1) is 5.82 Å². The van der Waals surface area contributed by atoms with Gasteiger partial charge < -0.3 is 14.4 Å². The lowest BCUT2D eigenvalue weighted by molar-refractivity contribution is 0.0980. The maximum absolute atomic E-state index is 13.4. The fourth-order valence-corrected chi connectivity index (χ4v) is 3.27. The normalized spacial score (nSPS) is 13.7. The van der Waals surface area contributed by atoms with Crippen molar-refractivity contribution in [2.45, 2.75) is 6.42 Å². The lowest BCUT2D eigenvalue weighted by Crippen LogP contribution is -2.38. The summed E-state index contributed by atoms with van der Waals surface area (Å²) in [5, 5.41) is 8.88. The molecule has 0 unspecified atom stereocenters. The third-order valence-corrected chi connectivity index (χ3v) is 4.56. The molecule has 0 saturated carbocycles. The average molecular weight is 353 g/mol. The summed E-state index contributed by atoms with van der Waals surface area (Å²) in [6, 6.07) is 7.76. The Balaban J connectivity index is 1.84.